The first-order valence-electron chi connectivity index (χ1n) is 7.18. The Bertz CT molecular complexity index is 603. The van der Waals surface area contributed by atoms with Crippen LogP contribution >= 0.6 is 0 Å². The molecule has 2 aromatic rings. The van der Waals surface area contributed by atoms with Crippen LogP contribution in [0, 0.1) is 5.92 Å². The van der Waals surface area contributed by atoms with Crippen molar-refractivity contribution in [1.29, 1.82) is 0 Å². The summed E-state index contributed by atoms with van der Waals surface area (Å²) in [5, 5.41) is 3.93. The molecule has 0 fully saturated rings. The second kappa shape index (κ2) is 5.99. The predicted molar refractivity (Wildman–Crippen MR) is 83.7 cm³/mol. The molecule has 2 atom stereocenters. The molecule has 0 spiro atoms. The summed E-state index contributed by atoms with van der Waals surface area (Å²) in [7, 11) is 0. The molecule has 4 N–H and O–H groups in total. The number of anilines is 1. The molecule has 4 heteroatoms. The van der Waals surface area contributed by atoms with Crippen molar-refractivity contribution in [2.75, 3.05) is 5.73 Å². The Hall–Kier alpha value is -1.97. The third-order valence-electron chi connectivity index (χ3n) is 3.78. The lowest BCUT2D eigenvalue weighted by atomic mass is 10.00. The maximum Gasteiger partial charge on any atom is 0.253 e. The summed E-state index contributed by atoms with van der Waals surface area (Å²) in [6.07, 6.45) is 3.87. The number of aromatic nitrogens is 1. The molecule has 0 saturated heterocycles. The van der Waals surface area contributed by atoms with Crippen molar-refractivity contribution in [2.24, 2.45) is 5.92 Å². The molecule has 20 heavy (non-hydrogen) atoms. The van der Waals surface area contributed by atoms with E-state index in [0.29, 0.717) is 17.2 Å². The molecule has 1 amide bonds. The lowest BCUT2D eigenvalue weighted by Crippen LogP contribution is -2.33. The number of hydrogen-bond donors (Lipinski definition) is 3. The highest BCUT2D eigenvalue weighted by molar-refractivity contribution is 6.07. The van der Waals surface area contributed by atoms with Gasteiger partial charge >= 0.3 is 0 Å². The standard InChI is InChI=1S/C16H23N3O/c1-4-10(2)7-11(3)19-16(20)14-9-18-15-6-5-12(17)8-13(14)15/h5-6,8-11,18H,4,7,17H2,1-3H3,(H,19,20). The summed E-state index contributed by atoms with van der Waals surface area (Å²) in [4.78, 5) is 15.4. The molecular formula is C16H23N3O. The quantitative estimate of drug-likeness (QED) is 0.731. The van der Waals surface area contributed by atoms with E-state index in [-0.39, 0.29) is 11.9 Å². The molecule has 108 valence electrons. The maximum absolute atomic E-state index is 12.3. The van der Waals surface area contributed by atoms with Crippen LogP contribution in [-0.4, -0.2) is 16.9 Å². The Labute approximate surface area is 119 Å². The van der Waals surface area contributed by atoms with Crippen molar-refractivity contribution in [1.82, 2.24) is 10.3 Å². The highest BCUT2D eigenvalue weighted by atomic mass is 16.1. The number of H-pyrrole nitrogens is 1. The predicted octanol–water partition coefficient (Wildman–Crippen LogP) is 3.30. The van der Waals surface area contributed by atoms with Crippen LogP contribution in [-0.2, 0) is 0 Å². The van der Waals surface area contributed by atoms with Gasteiger partial charge in [-0.2, -0.15) is 0 Å². The summed E-state index contributed by atoms with van der Waals surface area (Å²) in [6.45, 7) is 6.42. The molecular weight excluding hydrogens is 250 g/mol. The highest BCUT2D eigenvalue weighted by Crippen LogP contribution is 2.21. The number of carbonyl (C=O) groups is 1. The van der Waals surface area contributed by atoms with Gasteiger partial charge in [-0.25, -0.2) is 0 Å². The van der Waals surface area contributed by atoms with Gasteiger partial charge < -0.3 is 16.0 Å². The molecule has 4 nitrogen and oxygen atoms in total. The van der Waals surface area contributed by atoms with E-state index in [0.717, 1.165) is 23.7 Å². The summed E-state index contributed by atoms with van der Waals surface area (Å²) in [6, 6.07) is 5.72. The summed E-state index contributed by atoms with van der Waals surface area (Å²) in [5.41, 5.74) is 8.04. The fourth-order valence-corrected chi connectivity index (χ4v) is 2.46. The Morgan fingerprint density at radius 1 is 1.40 bits per heavy atom. The average Bonchev–Trinajstić information content (AvgIpc) is 2.81. The Morgan fingerprint density at radius 2 is 2.15 bits per heavy atom. The van der Waals surface area contributed by atoms with E-state index in [2.05, 4.69) is 24.1 Å². The van der Waals surface area contributed by atoms with E-state index < -0.39 is 0 Å². The van der Waals surface area contributed by atoms with Crippen LogP contribution in [0.25, 0.3) is 10.9 Å². The normalized spacial score (nSPS) is 14.2. The number of benzene rings is 1. The number of fused-ring (bicyclic) bond motifs is 1. The van der Waals surface area contributed by atoms with Crippen LogP contribution < -0.4 is 11.1 Å². The van der Waals surface area contributed by atoms with Crippen LogP contribution in [0.1, 0.15) is 44.0 Å². The number of rotatable bonds is 5. The topological polar surface area (TPSA) is 70.9 Å². The lowest BCUT2D eigenvalue weighted by Gasteiger charge is -2.17. The number of nitrogen functional groups attached to an aromatic ring is 1. The van der Waals surface area contributed by atoms with Crippen molar-refractivity contribution >= 4 is 22.5 Å². The van der Waals surface area contributed by atoms with E-state index in [4.69, 9.17) is 5.73 Å². The molecule has 0 radical (unpaired) electrons. The number of nitrogens with one attached hydrogen (secondary N) is 2. The fourth-order valence-electron chi connectivity index (χ4n) is 2.46. The van der Waals surface area contributed by atoms with Gasteiger partial charge in [0.1, 0.15) is 0 Å². The fraction of sp³-hybridized carbons (Fsp3) is 0.438. The Kier molecular flexibility index (Phi) is 4.32. The van der Waals surface area contributed by atoms with Crippen molar-refractivity contribution in [3.63, 3.8) is 0 Å². The largest absolute Gasteiger partial charge is 0.399 e. The minimum absolute atomic E-state index is 0.0438. The van der Waals surface area contributed by atoms with Crippen molar-refractivity contribution in [3.8, 4) is 0 Å². The molecule has 1 aromatic carbocycles. The lowest BCUT2D eigenvalue weighted by molar-refractivity contribution is 0.0937. The van der Waals surface area contributed by atoms with Crippen LogP contribution in [0.15, 0.2) is 24.4 Å². The van der Waals surface area contributed by atoms with Gasteiger partial charge in [-0.15, -0.1) is 0 Å². The molecule has 2 rings (SSSR count). The van der Waals surface area contributed by atoms with E-state index in [1.54, 1.807) is 6.20 Å². The second-order valence-electron chi connectivity index (χ2n) is 5.63. The molecule has 0 saturated carbocycles. The zero-order chi connectivity index (χ0) is 14.7. The zero-order valence-corrected chi connectivity index (χ0v) is 12.4. The van der Waals surface area contributed by atoms with Gasteiger partial charge in [0.15, 0.2) is 0 Å². The number of nitrogens with two attached hydrogens (primary N) is 1. The van der Waals surface area contributed by atoms with Gasteiger partial charge in [-0.05, 0) is 37.5 Å². The number of amides is 1. The number of hydrogen-bond acceptors (Lipinski definition) is 2. The minimum atomic E-state index is -0.0438. The van der Waals surface area contributed by atoms with E-state index in [1.165, 1.54) is 0 Å². The minimum Gasteiger partial charge on any atom is -0.399 e. The molecule has 2 unspecified atom stereocenters. The van der Waals surface area contributed by atoms with Crippen LogP contribution in [0.2, 0.25) is 0 Å². The Morgan fingerprint density at radius 3 is 2.85 bits per heavy atom. The van der Waals surface area contributed by atoms with Gasteiger partial charge in [0.05, 0.1) is 5.56 Å². The molecule has 1 aromatic heterocycles. The summed E-state index contributed by atoms with van der Waals surface area (Å²) in [5.74, 6) is 0.571. The van der Waals surface area contributed by atoms with Crippen LogP contribution in [0.5, 0.6) is 0 Å². The monoisotopic (exact) mass is 273 g/mol. The SMILES string of the molecule is CCC(C)CC(C)NC(=O)c1c[nH]c2ccc(N)cc12. The van der Waals surface area contributed by atoms with Gasteiger partial charge in [0.25, 0.3) is 5.91 Å². The first kappa shape index (κ1) is 14.4. The van der Waals surface area contributed by atoms with E-state index >= 15 is 0 Å². The maximum atomic E-state index is 12.3. The van der Waals surface area contributed by atoms with Crippen molar-refractivity contribution in [3.05, 3.63) is 30.0 Å². The first-order valence-corrected chi connectivity index (χ1v) is 7.18. The Balaban J connectivity index is 2.13. The molecule has 0 aliphatic rings. The van der Waals surface area contributed by atoms with Crippen molar-refractivity contribution in [2.45, 2.75) is 39.7 Å². The smallest absolute Gasteiger partial charge is 0.253 e. The third-order valence-corrected chi connectivity index (χ3v) is 3.78. The average molecular weight is 273 g/mol. The summed E-state index contributed by atoms with van der Waals surface area (Å²) < 4.78 is 0. The molecule has 0 bridgehead atoms. The number of aromatic amines is 1. The van der Waals surface area contributed by atoms with Gasteiger partial charge in [-0.3, -0.25) is 4.79 Å². The van der Waals surface area contributed by atoms with Gasteiger partial charge in [-0.1, -0.05) is 20.3 Å². The van der Waals surface area contributed by atoms with Crippen LogP contribution in [0.4, 0.5) is 5.69 Å². The van der Waals surface area contributed by atoms with Crippen molar-refractivity contribution < 1.29 is 4.79 Å². The van der Waals surface area contributed by atoms with Crippen LogP contribution in [0.3, 0.4) is 0 Å². The second-order valence-corrected chi connectivity index (χ2v) is 5.63. The van der Waals surface area contributed by atoms with E-state index in [9.17, 15) is 4.79 Å². The molecule has 0 aliphatic heterocycles. The van der Waals surface area contributed by atoms with Gasteiger partial charge in [0.2, 0.25) is 0 Å². The van der Waals surface area contributed by atoms with E-state index in [1.807, 2.05) is 25.1 Å². The third kappa shape index (κ3) is 3.13. The number of carbonyl (C=O) groups excluding carboxylic acids is 1. The highest BCUT2D eigenvalue weighted by Gasteiger charge is 2.15. The van der Waals surface area contributed by atoms with Gasteiger partial charge in [0, 0.05) is 28.8 Å². The zero-order valence-electron chi connectivity index (χ0n) is 12.4. The molecule has 0 aliphatic carbocycles. The first-order chi connectivity index (χ1) is 9.51. The summed E-state index contributed by atoms with van der Waals surface area (Å²) >= 11 is 0. The molecule has 1 heterocycles.